The Morgan fingerprint density at radius 2 is 2.14 bits per heavy atom. The molecule has 0 atom stereocenters. The zero-order valence-corrected chi connectivity index (χ0v) is 12.4. The number of hydrogen-bond acceptors (Lipinski definition) is 2. The summed E-state index contributed by atoms with van der Waals surface area (Å²) >= 11 is 0.722. The molecule has 0 bridgehead atoms. The molecule has 1 amide bonds. The molecule has 0 saturated heterocycles. The summed E-state index contributed by atoms with van der Waals surface area (Å²) in [5.74, 6) is 0.0793. The number of carbonyl (C=O) groups excluding carboxylic acids is 1. The van der Waals surface area contributed by atoms with Gasteiger partial charge in [0.25, 0.3) is 0 Å². The van der Waals surface area contributed by atoms with Gasteiger partial charge in [-0.1, -0.05) is 0 Å². The molecule has 0 aliphatic carbocycles. The topological polar surface area (TPSA) is 32.7 Å². The minimum absolute atomic E-state index is 0.0793. The molecule has 0 fully saturated rings. The zero-order chi connectivity index (χ0) is 10.1. The number of rotatable bonds is 1. The third-order valence-electron chi connectivity index (χ3n) is 2.08. The van der Waals surface area contributed by atoms with Crippen LogP contribution in [0.2, 0.25) is 0 Å². The van der Waals surface area contributed by atoms with E-state index in [0.717, 1.165) is 37.2 Å². The van der Waals surface area contributed by atoms with Gasteiger partial charge in [-0.2, -0.15) is 0 Å². The molecule has 0 saturated carbocycles. The van der Waals surface area contributed by atoms with Crippen LogP contribution >= 0.6 is 0 Å². The van der Waals surface area contributed by atoms with Crippen LogP contribution in [0.4, 0.5) is 5.69 Å². The van der Waals surface area contributed by atoms with Crippen molar-refractivity contribution in [1.82, 2.24) is 0 Å². The Kier molecular flexibility index (Phi) is 2.67. The SMILES string of the molecule is CC1=NN(c2cccc[c]2[Tl])C(=O)C1. The Hall–Kier alpha value is -0.718. The quantitative estimate of drug-likeness (QED) is 0.660. The summed E-state index contributed by atoms with van der Waals surface area (Å²) in [6.45, 7) is 1.88. The van der Waals surface area contributed by atoms with Crippen molar-refractivity contribution in [3.05, 3.63) is 24.3 Å². The molecule has 0 spiro atoms. The predicted octanol–water partition coefficient (Wildman–Crippen LogP) is 0.593. The number of carbonyl (C=O) groups is 1. The third kappa shape index (κ3) is 1.73. The van der Waals surface area contributed by atoms with Gasteiger partial charge in [-0.25, -0.2) is 0 Å². The maximum atomic E-state index is 11.6. The van der Waals surface area contributed by atoms with Crippen molar-refractivity contribution in [2.75, 3.05) is 5.01 Å². The summed E-state index contributed by atoms with van der Waals surface area (Å²) in [5.41, 5.74) is 1.85. The fourth-order valence-corrected chi connectivity index (χ4v) is 2.71. The van der Waals surface area contributed by atoms with Crippen LogP contribution in [0.1, 0.15) is 13.3 Å². The molecule has 1 aromatic rings. The van der Waals surface area contributed by atoms with Gasteiger partial charge < -0.3 is 0 Å². The first-order chi connectivity index (χ1) is 6.68. The van der Waals surface area contributed by atoms with Gasteiger partial charge in [0, 0.05) is 0 Å². The molecule has 0 radical (unpaired) electrons. The molecule has 1 aliphatic rings. The second-order valence-electron chi connectivity index (χ2n) is 3.28. The van der Waals surface area contributed by atoms with Crippen molar-refractivity contribution < 1.29 is 4.79 Å². The Morgan fingerprint density at radius 3 is 2.71 bits per heavy atom. The Morgan fingerprint density at radius 1 is 1.43 bits per heavy atom. The molecule has 2 rings (SSSR count). The molecule has 1 heterocycles. The molecule has 0 unspecified atom stereocenters. The van der Waals surface area contributed by atoms with Crippen LogP contribution in [0.5, 0.6) is 0 Å². The van der Waals surface area contributed by atoms with E-state index in [2.05, 4.69) is 11.2 Å². The van der Waals surface area contributed by atoms with Crippen molar-refractivity contribution in [3.8, 4) is 0 Å². The number of nitrogens with zero attached hydrogens (tertiary/aromatic N) is 2. The maximum absolute atomic E-state index is 11.6. The first-order valence-electron chi connectivity index (χ1n) is 4.40. The van der Waals surface area contributed by atoms with Crippen LogP contribution in [0.3, 0.4) is 0 Å². The standard InChI is InChI=1S/C10H9N2O.Tl/c1-8-7-10(13)12(11-8)9-5-3-2-4-6-9;/h2-5H,7H2,1H3;. The normalized spacial score (nSPS) is 15.9. The van der Waals surface area contributed by atoms with E-state index >= 15 is 0 Å². The van der Waals surface area contributed by atoms with Gasteiger partial charge in [0.2, 0.25) is 0 Å². The van der Waals surface area contributed by atoms with E-state index < -0.39 is 0 Å². The summed E-state index contributed by atoms with van der Waals surface area (Å²) in [6.07, 6.45) is 0.457. The van der Waals surface area contributed by atoms with Crippen molar-refractivity contribution in [2.24, 2.45) is 5.10 Å². The van der Waals surface area contributed by atoms with Crippen LogP contribution < -0.4 is 8.13 Å². The van der Waals surface area contributed by atoms with Gasteiger partial charge >= 0.3 is 98.7 Å². The number of anilines is 1. The number of hydrogen-bond donors (Lipinski definition) is 0. The van der Waals surface area contributed by atoms with Crippen molar-refractivity contribution >= 4 is 46.2 Å². The van der Waals surface area contributed by atoms with Gasteiger partial charge in [0.1, 0.15) is 0 Å². The van der Waals surface area contributed by atoms with E-state index in [1.807, 2.05) is 25.1 Å². The van der Waals surface area contributed by atoms with Crippen LogP contribution in [0.25, 0.3) is 0 Å². The molecule has 14 heavy (non-hydrogen) atoms. The van der Waals surface area contributed by atoms with Gasteiger partial charge in [0.05, 0.1) is 0 Å². The fraction of sp³-hybridized carbons (Fsp3) is 0.200. The average Bonchev–Trinajstić information content (AvgIpc) is 2.46. The van der Waals surface area contributed by atoms with Crippen molar-refractivity contribution in [1.29, 1.82) is 0 Å². The second-order valence-corrected chi connectivity index (χ2v) is 5.69. The number of hydrazone groups is 1. The third-order valence-corrected chi connectivity index (χ3v) is 3.98. The average molecular weight is 378 g/mol. The molecule has 1 aromatic carbocycles. The predicted molar refractivity (Wildman–Crippen MR) is 57.0 cm³/mol. The van der Waals surface area contributed by atoms with E-state index in [9.17, 15) is 4.79 Å². The van der Waals surface area contributed by atoms with E-state index in [4.69, 9.17) is 0 Å². The Balaban J connectivity index is 2.41. The first-order valence-corrected chi connectivity index (χ1v) is 6.64. The van der Waals surface area contributed by atoms with Crippen molar-refractivity contribution in [2.45, 2.75) is 13.3 Å². The number of para-hydroxylation sites is 1. The summed E-state index contributed by atoms with van der Waals surface area (Å²) < 4.78 is 1.24. The van der Waals surface area contributed by atoms with Gasteiger partial charge in [-0.05, 0) is 0 Å². The van der Waals surface area contributed by atoms with E-state index in [-0.39, 0.29) is 5.91 Å². The van der Waals surface area contributed by atoms with Gasteiger partial charge in [-0.3, -0.25) is 0 Å². The van der Waals surface area contributed by atoms with Gasteiger partial charge in [-0.15, -0.1) is 0 Å². The molecule has 0 aromatic heterocycles. The molecule has 4 heteroatoms. The summed E-state index contributed by atoms with van der Waals surface area (Å²) in [7, 11) is 0. The fourth-order valence-electron chi connectivity index (χ4n) is 1.42. The molecule has 3 nitrogen and oxygen atoms in total. The Bertz CT molecular complexity index is 414. The van der Waals surface area contributed by atoms with E-state index in [0.29, 0.717) is 6.42 Å². The number of amides is 1. The summed E-state index contributed by atoms with van der Waals surface area (Å²) in [6, 6.07) is 7.94. The molecule has 68 valence electrons. The van der Waals surface area contributed by atoms with E-state index in [1.54, 1.807) is 0 Å². The second kappa shape index (κ2) is 3.80. The zero-order valence-electron chi connectivity index (χ0n) is 7.90. The molecular weight excluding hydrogens is 369 g/mol. The molecule has 0 N–H and O–H groups in total. The van der Waals surface area contributed by atoms with Crippen molar-refractivity contribution in [3.63, 3.8) is 0 Å². The van der Waals surface area contributed by atoms with Gasteiger partial charge in [0.15, 0.2) is 0 Å². The van der Waals surface area contributed by atoms with Crippen LogP contribution in [-0.4, -0.2) is 37.4 Å². The minimum atomic E-state index is 0.0793. The van der Waals surface area contributed by atoms with Crippen LogP contribution in [-0.2, 0) is 4.79 Å². The first kappa shape index (κ1) is 9.82. The van der Waals surface area contributed by atoms with Crippen LogP contribution in [0, 0.1) is 0 Å². The monoisotopic (exact) mass is 378 g/mol. The molecule has 1 aliphatic heterocycles. The van der Waals surface area contributed by atoms with E-state index in [1.165, 1.54) is 8.13 Å². The Labute approximate surface area is 98.5 Å². The van der Waals surface area contributed by atoms with Crippen LogP contribution in [0.15, 0.2) is 29.4 Å². The summed E-state index contributed by atoms with van der Waals surface area (Å²) in [5, 5.41) is 5.76. The number of benzene rings is 1. The summed E-state index contributed by atoms with van der Waals surface area (Å²) in [4.78, 5) is 11.6. The molecular formula is C10H9N2OTl.